The number of rotatable bonds is 3. The topological polar surface area (TPSA) is 76.8 Å². The lowest BCUT2D eigenvalue weighted by Gasteiger charge is -2.36. The van der Waals surface area contributed by atoms with E-state index in [0.29, 0.717) is 5.69 Å². The minimum atomic E-state index is -0.620. The molecule has 2 aromatic heterocycles. The maximum Gasteiger partial charge on any atom is 0.252 e. The molecule has 0 radical (unpaired) electrons. The largest absolute Gasteiger partial charge is 0.321 e. The Hall–Kier alpha value is -1.86. The highest BCUT2D eigenvalue weighted by molar-refractivity contribution is 5.96. The predicted octanol–water partition coefficient (Wildman–Crippen LogP) is 0.756. The van der Waals surface area contributed by atoms with E-state index in [2.05, 4.69) is 20.8 Å². The van der Waals surface area contributed by atoms with Crippen molar-refractivity contribution in [3.63, 3.8) is 0 Å². The van der Waals surface area contributed by atoms with E-state index in [0.717, 1.165) is 25.9 Å². The second-order valence-electron chi connectivity index (χ2n) is 5.09. The Morgan fingerprint density at radius 3 is 2.71 bits per heavy atom. The number of amides is 1. The number of aryl methyl sites for hydroxylation is 1. The van der Waals surface area contributed by atoms with Gasteiger partial charge in [0.1, 0.15) is 5.54 Å². The molecule has 3 heterocycles. The summed E-state index contributed by atoms with van der Waals surface area (Å²) in [5.41, 5.74) is 0.0903. The van der Waals surface area contributed by atoms with Crippen molar-refractivity contribution >= 4 is 24.0 Å². The lowest BCUT2D eigenvalue weighted by molar-refractivity contribution is -0.126. The van der Waals surface area contributed by atoms with Gasteiger partial charge in [-0.2, -0.15) is 10.2 Å². The summed E-state index contributed by atoms with van der Waals surface area (Å²) >= 11 is 0. The van der Waals surface area contributed by atoms with Crippen molar-refractivity contribution in [3.8, 4) is 0 Å². The van der Waals surface area contributed by atoms with E-state index in [1.165, 1.54) is 0 Å². The van der Waals surface area contributed by atoms with Crippen molar-refractivity contribution in [1.29, 1.82) is 0 Å². The molecule has 2 aromatic rings. The zero-order valence-corrected chi connectivity index (χ0v) is 12.6. The number of nitrogens with zero attached hydrogens (tertiary/aromatic N) is 4. The Kier molecular flexibility index (Phi) is 4.64. The molecule has 8 heteroatoms. The van der Waals surface area contributed by atoms with E-state index in [4.69, 9.17) is 0 Å². The molecule has 1 saturated heterocycles. The Balaban J connectivity index is 0.00000161. The maximum absolute atomic E-state index is 12.8. The summed E-state index contributed by atoms with van der Waals surface area (Å²) in [6, 6.07) is 1.85. The molecule has 1 amide bonds. The van der Waals surface area contributed by atoms with Gasteiger partial charge in [-0.25, -0.2) is 0 Å². The number of piperidine rings is 1. The molecule has 21 heavy (non-hydrogen) atoms. The molecule has 0 saturated carbocycles. The summed E-state index contributed by atoms with van der Waals surface area (Å²) in [6.07, 6.45) is 8.45. The number of nitrogens with one attached hydrogen (secondary N) is 2. The Bertz CT molecular complexity index is 588. The minimum absolute atomic E-state index is 0. The third-order valence-electron chi connectivity index (χ3n) is 3.76. The molecule has 7 nitrogen and oxygen atoms in total. The first-order valence-corrected chi connectivity index (χ1v) is 6.72. The van der Waals surface area contributed by atoms with Gasteiger partial charge in [-0.05, 0) is 32.0 Å². The quantitative estimate of drug-likeness (QED) is 0.877. The lowest BCUT2D eigenvalue weighted by Crippen LogP contribution is -2.52. The fourth-order valence-electron chi connectivity index (χ4n) is 2.66. The van der Waals surface area contributed by atoms with Crippen molar-refractivity contribution in [2.45, 2.75) is 18.4 Å². The molecule has 0 spiro atoms. The number of carbonyl (C=O) groups excluding carboxylic acids is 1. The van der Waals surface area contributed by atoms with Crippen LogP contribution in [0.3, 0.4) is 0 Å². The number of hydrogen-bond donors (Lipinski definition) is 2. The zero-order chi connectivity index (χ0) is 14.0. The van der Waals surface area contributed by atoms with Gasteiger partial charge in [-0.15, -0.1) is 12.4 Å². The third kappa shape index (κ3) is 2.93. The van der Waals surface area contributed by atoms with E-state index in [1.807, 2.05) is 19.3 Å². The summed E-state index contributed by atoms with van der Waals surface area (Å²) < 4.78 is 3.44. The molecule has 0 aromatic carbocycles. The predicted molar refractivity (Wildman–Crippen MR) is 81.4 cm³/mol. The van der Waals surface area contributed by atoms with Crippen LogP contribution in [0.4, 0.5) is 5.69 Å². The van der Waals surface area contributed by atoms with Crippen LogP contribution in [-0.2, 0) is 17.4 Å². The first kappa shape index (κ1) is 15.5. The summed E-state index contributed by atoms with van der Waals surface area (Å²) in [4.78, 5) is 12.8. The Morgan fingerprint density at radius 1 is 1.38 bits per heavy atom. The van der Waals surface area contributed by atoms with Gasteiger partial charge in [0, 0.05) is 25.6 Å². The van der Waals surface area contributed by atoms with Crippen LogP contribution in [-0.4, -0.2) is 38.6 Å². The number of carbonyl (C=O) groups is 1. The summed E-state index contributed by atoms with van der Waals surface area (Å²) in [7, 11) is 1.82. The van der Waals surface area contributed by atoms with E-state index >= 15 is 0 Å². The highest BCUT2D eigenvalue weighted by Gasteiger charge is 2.42. The fraction of sp³-hybridized carbons (Fsp3) is 0.462. The SMILES string of the molecule is Cl.Cn1cc(NC(=O)C2(n3cccn3)CCNCC2)cn1. The van der Waals surface area contributed by atoms with Gasteiger partial charge >= 0.3 is 0 Å². The molecule has 1 aliphatic rings. The van der Waals surface area contributed by atoms with Gasteiger partial charge in [-0.1, -0.05) is 0 Å². The van der Waals surface area contributed by atoms with Crippen LogP contribution in [0.5, 0.6) is 0 Å². The van der Waals surface area contributed by atoms with E-state index in [-0.39, 0.29) is 18.3 Å². The number of hydrogen-bond acceptors (Lipinski definition) is 4. The molecule has 2 N–H and O–H groups in total. The molecule has 0 unspecified atom stereocenters. The normalized spacial score (nSPS) is 17.0. The number of halogens is 1. The van der Waals surface area contributed by atoms with Gasteiger partial charge in [0.15, 0.2) is 0 Å². The number of anilines is 1. The zero-order valence-electron chi connectivity index (χ0n) is 11.8. The Morgan fingerprint density at radius 2 is 2.14 bits per heavy atom. The molecule has 0 bridgehead atoms. The van der Waals surface area contributed by atoms with E-state index < -0.39 is 5.54 Å². The molecular weight excluding hydrogens is 292 g/mol. The van der Waals surface area contributed by atoms with Gasteiger partial charge < -0.3 is 10.6 Å². The average molecular weight is 311 g/mol. The van der Waals surface area contributed by atoms with Gasteiger partial charge in [-0.3, -0.25) is 14.2 Å². The van der Waals surface area contributed by atoms with Crippen molar-refractivity contribution < 1.29 is 4.79 Å². The first-order valence-electron chi connectivity index (χ1n) is 6.72. The summed E-state index contributed by atoms with van der Waals surface area (Å²) in [5.74, 6) is -0.0318. The molecule has 3 rings (SSSR count). The lowest BCUT2D eigenvalue weighted by atomic mass is 9.87. The van der Waals surface area contributed by atoms with Crippen LogP contribution in [0.15, 0.2) is 30.9 Å². The van der Waals surface area contributed by atoms with Crippen LogP contribution in [0, 0.1) is 0 Å². The van der Waals surface area contributed by atoms with Gasteiger partial charge in [0.2, 0.25) is 0 Å². The van der Waals surface area contributed by atoms with Crippen LogP contribution in [0.2, 0.25) is 0 Å². The minimum Gasteiger partial charge on any atom is -0.321 e. The highest BCUT2D eigenvalue weighted by atomic mass is 35.5. The van der Waals surface area contributed by atoms with E-state index in [9.17, 15) is 4.79 Å². The number of aromatic nitrogens is 4. The van der Waals surface area contributed by atoms with Gasteiger partial charge in [0.05, 0.1) is 11.9 Å². The maximum atomic E-state index is 12.8. The first-order chi connectivity index (χ1) is 9.71. The van der Waals surface area contributed by atoms with Crippen LogP contribution in [0.1, 0.15) is 12.8 Å². The third-order valence-corrected chi connectivity index (χ3v) is 3.76. The monoisotopic (exact) mass is 310 g/mol. The smallest absolute Gasteiger partial charge is 0.252 e. The summed E-state index contributed by atoms with van der Waals surface area (Å²) in [5, 5.41) is 14.6. The molecule has 1 fully saturated rings. The van der Waals surface area contributed by atoms with Crippen molar-refractivity contribution in [1.82, 2.24) is 24.9 Å². The van der Waals surface area contributed by atoms with Crippen LogP contribution >= 0.6 is 12.4 Å². The van der Waals surface area contributed by atoms with Crippen LogP contribution < -0.4 is 10.6 Å². The standard InChI is InChI=1S/C13H18N6O.ClH/c1-18-10-11(9-16-18)17-12(20)13(3-6-14-7-4-13)19-8-2-5-15-19;/h2,5,8-10,14H,3-4,6-7H2,1H3,(H,17,20);1H. The van der Waals surface area contributed by atoms with Crippen molar-refractivity contribution in [2.75, 3.05) is 18.4 Å². The average Bonchev–Trinajstić information content (AvgIpc) is 3.11. The molecule has 1 aliphatic heterocycles. The van der Waals surface area contributed by atoms with Crippen molar-refractivity contribution in [2.24, 2.45) is 7.05 Å². The second kappa shape index (κ2) is 6.28. The fourth-order valence-corrected chi connectivity index (χ4v) is 2.66. The van der Waals surface area contributed by atoms with Crippen molar-refractivity contribution in [3.05, 3.63) is 30.9 Å². The molecular formula is C13H19ClN6O. The molecule has 114 valence electrons. The van der Waals surface area contributed by atoms with Crippen LogP contribution in [0.25, 0.3) is 0 Å². The summed E-state index contributed by atoms with van der Waals surface area (Å²) in [6.45, 7) is 1.61. The van der Waals surface area contributed by atoms with E-state index in [1.54, 1.807) is 28.0 Å². The second-order valence-corrected chi connectivity index (χ2v) is 5.09. The highest BCUT2D eigenvalue weighted by Crippen LogP contribution is 2.28. The molecule has 0 atom stereocenters. The van der Waals surface area contributed by atoms with Gasteiger partial charge in [0.25, 0.3) is 5.91 Å². The molecule has 0 aliphatic carbocycles. The Labute approximate surface area is 129 Å².